The van der Waals surface area contributed by atoms with Crippen molar-refractivity contribution in [2.75, 3.05) is 33.9 Å². The average molecular weight is 278 g/mol. The quantitative estimate of drug-likeness (QED) is 0.805. The molecule has 0 saturated carbocycles. The molecule has 6 nitrogen and oxygen atoms in total. The topological polar surface area (TPSA) is 67.9 Å². The third-order valence-corrected chi connectivity index (χ3v) is 3.31. The van der Waals surface area contributed by atoms with Gasteiger partial charge in [0, 0.05) is 25.2 Å². The minimum Gasteiger partial charge on any atom is -0.497 e. The van der Waals surface area contributed by atoms with Crippen molar-refractivity contribution in [3.63, 3.8) is 0 Å². The van der Waals surface area contributed by atoms with Crippen LogP contribution in [-0.4, -0.2) is 56.7 Å². The molecule has 1 atom stereocenters. The molecular weight excluding hydrogens is 260 g/mol. The highest BCUT2D eigenvalue weighted by atomic mass is 16.5. The third-order valence-electron chi connectivity index (χ3n) is 3.31. The third kappa shape index (κ3) is 2.91. The minimum absolute atomic E-state index is 0.176. The Morgan fingerprint density at radius 2 is 1.95 bits per heavy atom. The number of piperazine rings is 1. The van der Waals surface area contributed by atoms with Gasteiger partial charge in [-0.1, -0.05) is 0 Å². The lowest BCUT2D eigenvalue weighted by atomic mass is 10.1. The van der Waals surface area contributed by atoms with Gasteiger partial charge in [0.05, 0.1) is 14.2 Å². The van der Waals surface area contributed by atoms with E-state index in [0.29, 0.717) is 30.9 Å². The number of rotatable bonds is 3. The number of hydrogen-bond acceptors (Lipinski definition) is 5. The summed E-state index contributed by atoms with van der Waals surface area (Å²) in [7, 11) is 2.90. The maximum atomic E-state index is 12.5. The molecule has 1 aliphatic heterocycles. The largest absolute Gasteiger partial charge is 0.497 e. The Morgan fingerprint density at radius 3 is 2.55 bits per heavy atom. The van der Waals surface area contributed by atoms with Gasteiger partial charge in [-0.15, -0.1) is 0 Å². The average Bonchev–Trinajstić information content (AvgIpc) is 2.53. The van der Waals surface area contributed by atoms with E-state index in [4.69, 9.17) is 9.47 Å². The van der Waals surface area contributed by atoms with Crippen LogP contribution in [0.25, 0.3) is 0 Å². The first-order valence-electron chi connectivity index (χ1n) is 6.41. The number of ether oxygens (including phenoxy) is 2. The van der Waals surface area contributed by atoms with Crippen LogP contribution in [0, 0.1) is 0 Å². The second-order valence-corrected chi connectivity index (χ2v) is 4.47. The number of benzene rings is 1. The van der Waals surface area contributed by atoms with Gasteiger partial charge in [0.15, 0.2) is 0 Å². The van der Waals surface area contributed by atoms with Crippen LogP contribution in [0.1, 0.15) is 10.4 Å². The Balaban J connectivity index is 2.18. The van der Waals surface area contributed by atoms with Gasteiger partial charge in [-0.3, -0.25) is 4.79 Å². The van der Waals surface area contributed by atoms with E-state index in [2.05, 4.69) is 5.32 Å². The molecule has 0 spiro atoms. The summed E-state index contributed by atoms with van der Waals surface area (Å²) in [6.45, 7) is 1.55. The van der Waals surface area contributed by atoms with Crippen LogP contribution in [0.3, 0.4) is 0 Å². The van der Waals surface area contributed by atoms with Gasteiger partial charge in [0.1, 0.15) is 11.8 Å². The summed E-state index contributed by atoms with van der Waals surface area (Å²) in [6, 6.07) is 6.25. The molecule has 1 fully saturated rings. The van der Waals surface area contributed by atoms with E-state index in [0.717, 1.165) is 0 Å². The molecule has 1 aromatic carbocycles. The molecule has 0 bridgehead atoms. The highest BCUT2D eigenvalue weighted by molar-refractivity contribution is 5.97. The maximum absolute atomic E-state index is 12.5. The van der Waals surface area contributed by atoms with E-state index in [-0.39, 0.29) is 5.91 Å². The highest BCUT2D eigenvalue weighted by Gasteiger charge is 2.33. The van der Waals surface area contributed by atoms with E-state index in [1.54, 1.807) is 36.3 Å². The van der Waals surface area contributed by atoms with E-state index in [1.165, 1.54) is 7.11 Å². The number of methoxy groups -OCH3 is 2. The molecule has 1 N–H and O–H groups in total. The first-order chi connectivity index (χ1) is 9.67. The number of nitrogens with one attached hydrogen (secondary N) is 1. The summed E-state index contributed by atoms with van der Waals surface area (Å²) in [5, 5.41) is 3.09. The molecule has 1 heterocycles. The van der Waals surface area contributed by atoms with Crippen LogP contribution in [0.15, 0.2) is 24.3 Å². The van der Waals surface area contributed by atoms with Crippen molar-refractivity contribution < 1.29 is 19.1 Å². The predicted molar refractivity (Wildman–Crippen MR) is 72.7 cm³/mol. The Kier molecular flexibility index (Phi) is 4.57. The first kappa shape index (κ1) is 14.3. The fourth-order valence-corrected chi connectivity index (χ4v) is 2.19. The summed E-state index contributed by atoms with van der Waals surface area (Å²) in [4.78, 5) is 25.8. The van der Waals surface area contributed by atoms with Crippen molar-refractivity contribution in [3.05, 3.63) is 29.8 Å². The molecule has 2 rings (SSSR count). The second kappa shape index (κ2) is 6.38. The zero-order valence-corrected chi connectivity index (χ0v) is 11.6. The van der Waals surface area contributed by atoms with Crippen molar-refractivity contribution >= 4 is 11.9 Å². The van der Waals surface area contributed by atoms with Crippen LogP contribution in [0.4, 0.5) is 0 Å². The number of carbonyl (C=O) groups excluding carboxylic acids is 2. The maximum Gasteiger partial charge on any atom is 0.329 e. The molecule has 0 aliphatic carbocycles. The van der Waals surface area contributed by atoms with Crippen molar-refractivity contribution in [1.29, 1.82) is 0 Å². The number of nitrogens with zero attached hydrogens (tertiary/aromatic N) is 1. The van der Waals surface area contributed by atoms with E-state index in [9.17, 15) is 9.59 Å². The number of hydrogen-bond donors (Lipinski definition) is 1. The van der Waals surface area contributed by atoms with Gasteiger partial charge in [0.25, 0.3) is 5.91 Å². The van der Waals surface area contributed by atoms with Gasteiger partial charge in [-0.25, -0.2) is 4.79 Å². The van der Waals surface area contributed by atoms with E-state index >= 15 is 0 Å². The van der Waals surface area contributed by atoms with Gasteiger partial charge < -0.3 is 19.7 Å². The van der Waals surface area contributed by atoms with Crippen LogP contribution >= 0.6 is 0 Å². The zero-order valence-electron chi connectivity index (χ0n) is 11.6. The van der Waals surface area contributed by atoms with Crippen LogP contribution in [-0.2, 0) is 9.53 Å². The fraction of sp³-hybridized carbons (Fsp3) is 0.429. The molecular formula is C14H18N2O4. The molecule has 1 amide bonds. The summed E-state index contributed by atoms with van der Waals surface area (Å²) < 4.78 is 9.81. The zero-order chi connectivity index (χ0) is 14.5. The number of amides is 1. The van der Waals surface area contributed by atoms with Crippen LogP contribution < -0.4 is 10.1 Å². The summed E-state index contributed by atoms with van der Waals surface area (Å²) in [5.41, 5.74) is 0.529. The lowest BCUT2D eigenvalue weighted by Crippen LogP contribution is -2.57. The molecule has 0 radical (unpaired) electrons. The normalized spacial score (nSPS) is 18.5. The van der Waals surface area contributed by atoms with Gasteiger partial charge in [0.2, 0.25) is 0 Å². The second-order valence-electron chi connectivity index (χ2n) is 4.47. The molecule has 1 aliphatic rings. The summed E-state index contributed by atoms with van der Waals surface area (Å²) >= 11 is 0. The monoisotopic (exact) mass is 278 g/mol. The highest BCUT2D eigenvalue weighted by Crippen LogP contribution is 2.15. The fourth-order valence-electron chi connectivity index (χ4n) is 2.19. The van der Waals surface area contributed by atoms with Crippen molar-refractivity contribution in [1.82, 2.24) is 10.2 Å². The molecule has 1 aromatic rings. The molecule has 0 aromatic heterocycles. The van der Waals surface area contributed by atoms with Crippen molar-refractivity contribution in [2.24, 2.45) is 0 Å². The summed E-state index contributed by atoms with van der Waals surface area (Å²) in [6.07, 6.45) is 0. The predicted octanol–water partition coefficient (Wildman–Crippen LogP) is 0.282. The molecule has 1 unspecified atom stereocenters. The first-order valence-corrected chi connectivity index (χ1v) is 6.41. The van der Waals surface area contributed by atoms with Crippen molar-refractivity contribution in [3.8, 4) is 5.75 Å². The smallest absolute Gasteiger partial charge is 0.329 e. The minimum atomic E-state index is -0.580. The molecule has 20 heavy (non-hydrogen) atoms. The molecule has 6 heteroatoms. The van der Waals surface area contributed by atoms with E-state index in [1.807, 2.05) is 0 Å². The van der Waals surface area contributed by atoms with Gasteiger partial charge in [-0.2, -0.15) is 0 Å². The number of carbonyl (C=O) groups is 2. The lowest BCUT2D eigenvalue weighted by molar-refractivity contribution is -0.146. The van der Waals surface area contributed by atoms with Crippen LogP contribution in [0.2, 0.25) is 0 Å². The standard InChI is InChI=1S/C14H18N2O4/c1-19-11-5-3-10(4-6-11)13(17)16-8-7-15-9-12(16)14(18)20-2/h3-6,12,15H,7-9H2,1-2H3. The molecule has 1 saturated heterocycles. The van der Waals surface area contributed by atoms with E-state index < -0.39 is 12.0 Å². The van der Waals surface area contributed by atoms with Gasteiger partial charge >= 0.3 is 5.97 Å². The number of esters is 1. The Bertz CT molecular complexity index is 486. The van der Waals surface area contributed by atoms with Crippen LogP contribution in [0.5, 0.6) is 5.75 Å². The molecule has 108 valence electrons. The van der Waals surface area contributed by atoms with Gasteiger partial charge in [-0.05, 0) is 24.3 Å². The Morgan fingerprint density at radius 1 is 1.25 bits per heavy atom. The Labute approximate surface area is 117 Å². The summed E-state index contributed by atoms with van der Waals surface area (Å²) in [5.74, 6) is 0.106. The van der Waals surface area contributed by atoms with Crippen molar-refractivity contribution in [2.45, 2.75) is 6.04 Å². The lowest BCUT2D eigenvalue weighted by Gasteiger charge is -2.34. The SMILES string of the molecule is COC(=O)C1CNCCN1C(=O)c1ccc(OC)cc1. The Hall–Kier alpha value is -2.08.